The van der Waals surface area contributed by atoms with Crippen LogP contribution in [0, 0.1) is 5.92 Å². The van der Waals surface area contributed by atoms with Crippen molar-refractivity contribution < 1.29 is 9.59 Å². The molecule has 1 aromatic rings. The lowest BCUT2D eigenvalue weighted by Gasteiger charge is -2.05. The number of allylic oxidation sites excluding steroid dienone is 1. The van der Waals surface area contributed by atoms with Gasteiger partial charge in [-0.05, 0) is 6.42 Å². The summed E-state index contributed by atoms with van der Waals surface area (Å²) in [6.07, 6.45) is 2.66. The third kappa shape index (κ3) is 2.39. The van der Waals surface area contributed by atoms with Crippen LogP contribution in [-0.4, -0.2) is 12.1 Å². The first kappa shape index (κ1) is 10.4. The number of rotatable bonds is 5. The van der Waals surface area contributed by atoms with E-state index in [1.165, 1.54) is 0 Å². The first-order chi connectivity index (χ1) is 6.79. The quantitative estimate of drug-likeness (QED) is 0.307. The van der Waals surface area contributed by atoms with Crippen molar-refractivity contribution in [2.75, 3.05) is 0 Å². The predicted octanol–water partition coefficient (Wildman–Crippen LogP) is 2.26. The molecule has 0 saturated heterocycles. The minimum atomic E-state index is -0.588. The Morgan fingerprint density at radius 2 is 2.00 bits per heavy atom. The van der Waals surface area contributed by atoms with Gasteiger partial charge in [-0.25, -0.2) is 0 Å². The summed E-state index contributed by atoms with van der Waals surface area (Å²) in [5, 5.41) is 0. The molecule has 0 fully saturated rings. The van der Waals surface area contributed by atoms with Crippen LogP contribution >= 0.6 is 0 Å². The summed E-state index contributed by atoms with van der Waals surface area (Å²) >= 11 is 0. The topological polar surface area (TPSA) is 34.1 Å². The van der Waals surface area contributed by atoms with Crippen molar-refractivity contribution in [1.29, 1.82) is 0 Å². The Hall–Kier alpha value is -1.70. The summed E-state index contributed by atoms with van der Waals surface area (Å²) in [4.78, 5) is 22.3. The molecule has 0 bridgehead atoms. The maximum absolute atomic E-state index is 11.7. The number of hydrogen-bond acceptors (Lipinski definition) is 2. The van der Waals surface area contributed by atoms with Crippen molar-refractivity contribution in [2.45, 2.75) is 6.42 Å². The van der Waals surface area contributed by atoms with E-state index in [1.807, 2.05) is 6.07 Å². The molecule has 0 N–H and O–H groups in total. The lowest BCUT2D eigenvalue weighted by atomic mass is 9.96. The summed E-state index contributed by atoms with van der Waals surface area (Å²) in [6, 6.07) is 8.82. The fourth-order valence-corrected chi connectivity index (χ4v) is 1.22. The third-order valence-electron chi connectivity index (χ3n) is 1.98. The van der Waals surface area contributed by atoms with E-state index in [4.69, 9.17) is 0 Å². The normalized spacial score (nSPS) is 11.7. The van der Waals surface area contributed by atoms with E-state index in [0.717, 1.165) is 0 Å². The summed E-state index contributed by atoms with van der Waals surface area (Å²) in [6.45, 7) is 3.51. The van der Waals surface area contributed by atoms with Gasteiger partial charge in [-0.15, -0.1) is 6.58 Å². The average Bonchev–Trinajstić information content (AvgIpc) is 2.26. The molecule has 0 radical (unpaired) electrons. The molecule has 0 amide bonds. The number of carbonyl (C=O) groups excluding carboxylic acids is 2. The number of carbonyl (C=O) groups is 2. The lowest BCUT2D eigenvalue weighted by molar-refractivity contribution is -0.109. The van der Waals surface area contributed by atoms with Crippen LogP contribution in [-0.2, 0) is 4.79 Å². The van der Waals surface area contributed by atoms with E-state index in [2.05, 4.69) is 6.58 Å². The maximum Gasteiger partial charge on any atom is 0.173 e. The molecule has 2 nitrogen and oxygen atoms in total. The highest BCUT2D eigenvalue weighted by molar-refractivity contribution is 6.05. The van der Waals surface area contributed by atoms with Gasteiger partial charge in [0.05, 0.1) is 5.92 Å². The molecule has 0 aliphatic heterocycles. The van der Waals surface area contributed by atoms with Gasteiger partial charge < -0.3 is 4.79 Å². The molecule has 0 aliphatic rings. The van der Waals surface area contributed by atoms with E-state index < -0.39 is 5.92 Å². The smallest absolute Gasteiger partial charge is 0.173 e. The van der Waals surface area contributed by atoms with Crippen LogP contribution in [0.1, 0.15) is 16.8 Å². The molecule has 72 valence electrons. The zero-order chi connectivity index (χ0) is 10.4. The fraction of sp³-hybridized carbons (Fsp3) is 0.167. The molecule has 1 atom stereocenters. The molecule has 1 aromatic carbocycles. The molecule has 2 heteroatoms. The van der Waals surface area contributed by atoms with Gasteiger partial charge in [0.1, 0.15) is 6.29 Å². The molecular formula is C12H12O2. The van der Waals surface area contributed by atoms with Crippen molar-refractivity contribution in [3.05, 3.63) is 48.6 Å². The number of Topliss-reactive ketones (excluding diaryl/α,β-unsaturated/α-hetero) is 1. The lowest BCUT2D eigenvalue weighted by Crippen LogP contribution is -2.15. The summed E-state index contributed by atoms with van der Waals surface area (Å²) in [7, 11) is 0. The summed E-state index contributed by atoms with van der Waals surface area (Å²) < 4.78 is 0. The van der Waals surface area contributed by atoms with Crippen LogP contribution in [0.5, 0.6) is 0 Å². The van der Waals surface area contributed by atoms with E-state index in [9.17, 15) is 9.59 Å². The number of aldehydes is 1. The monoisotopic (exact) mass is 188 g/mol. The maximum atomic E-state index is 11.7. The molecule has 0 aliphatic carbocycles. The minimum Gasteiger partial charge on any atom is -0.303 e. The number of benzene rings is 1. The van der Waals surface area contributed by atoms with Gasteiger partial charge in [-0.3, -0.25) is 4.79 Å². The first-order valence-electron chi connectivity index (χ1n) is 4.45. The van der Waals surface area contributed by atoms with Crippen LogP contribution in [0.3, 0.4) is 0 Å². The highest BCUT2D eigenvalue weighted by Gasteiger charge is 2.17. The Morgan fingerprint density at radius 3 is 2.50 bits per heavy atom. The Kier molecular flexibility index (Phi) is 3.80. The molecule has 0 heterocycles. The Bertz CT molecular complexity index is 327. The van der Waals surface area contributed by atoms with Gasteiger partial charge in [0.2, 0.25) is 0 Å². The van der Waals surface area contributed by atoms with E-state index in [0.29, 0.717) is 18.3 Å². The van der Waals surface area contributed by atoms with Gasteiger partial charge in [0.15, 0.2) is 5.78 Å². The van der Waals surface area contributed by atoms with Gasteiger partial charge in [0, 0.05) is 5.56 Å². The standard InChI is InChI=1S/C12H12O2/c1-2-6-11(9-13)12(14)10-7-4-3-5-8-10/h2-5,7-9,11H,1,6H2. The second kappa shape index (κ2) is 5.12. The Balaban J connectivity index is 2.83. The molecule has 14 heavy (non-hydrogen) atoms. The second-order valence-corrected chi connectivity index (χ2v) is 3.00. The van der Waals surface area contributed by atoms with Crippen LogP contribution < -0.4 is 0 Å². The molecule has 0 spiro atoms. The third-order valence-corrected chi connectivity index (χ3v) is 1.98. The summed E-state index contributed by atoms with van der Waals surface area (Å²) in [5.41, 5.74) is 0.575. The van der Waals surface area contributed by atoms with Crippen LogP contribution in [0.15, 0.2) is 43.0 Å². The first-order valence-corrected chi connectivity index (χ1v) is 4.45. The molecule has 1 unspecified atom stereocenters. The van der Waals surface area contributed by atoms with Gasteiger partial charge >= 0.3 is 0 Å². The van der Waals surface area contributed by atoms with Crippen molar-refractivity contribution in [3.8, 4) is 0 Å². The molecule has 1 rings (SSSR count). The van der Waals surface area contributed by atoms with Crippen molar-refractivity contribution in [2.24, 2.45) is 5.92 Å². The number of ketones is 1. The molecule has 0 saturated carbocycles. The highest BCUT2D eigenvalue weighted by atomic mass is 16.1. The zero-order valence-corrected chi connectivity index (χ0v) is 7.85. The minimum absolute atomic E-state index is 0.138. The van der Waals surface area contributed by atoms with Crippen molar-refractivity contribution in [3.63, 3.8) is 0 Å². The van der Waals surface area contributed by atoms with E-state index in [1.54, 1.807) is 30.3 Å². The van der Waals surface area contributed by atoms with Crippen LogP contribution in [0.2, 0.25) is 0 Å². The van der Waals surface area contributed by atoms with Crippen LogP contribution in [0.25, 0.3) is 0 Å². The molecular weight excluding hydrogens is 176 g/mol. The van der Waals surface area contributed by atoms with E-state index >= 15 is 0 Å². The van der Waals surface area contributed by atoms with Crippen molar-refractivity contribution >= 4 is 12.1 Å². The zero-order valence-electron chi connectivity index (χ0n) is 7.85. The SMILES string of the molecule is C=CCC(C=O)C(=O)c1ccccc1. The molecule has 0 aromatic heterocycles. The van der Waals surface area contributed by atoms with Gasteiger partial charge in [-0.1, -0.05) is 36.4 Å². The second-order valence-electron chi connectivity index (χ2n) is 3.00. The Labute approximate surface area is 83.3 Å². The fourth-order valence-electron chi connectivity index (χ4n) is 1.22. The van der Waals surface area contributed by atoms with Gasteiger partial charge in [-0.2, -0.15) is 0 Å². The number of hydrogen-bond donors (Lipinski definition) is 0. The van der Waals surface area contributed by atoms with Gasteiger partial charge in [0.25, 0.3) is 0 Å². The van der Waals surface area contributed by atoms with Crippen molar-refractivity contribution in [1.82, 2.24) is 0 Å². The van der Waals surface area contributed by atoms with Crippen LogP contribution in [0.4, 0.5) is 0 Å². The van der Waals surface area contributed by atoms with E-state index in [-0.39, 0.29) is 5.78 Å². The predicted molar refractivity (Wildman–Crippen MR) is 55.1 cm³/mol. The summed E-state index contributed by atoms with van der Waals surface area (Å²) in [5.74, 6) is -0.726. The largest absolute Gasteiger partial charge is 0.303 e. The average molecular weight is 188 g/mol. The highest BCUT2D eigenvalue weighted by Crippen LogP contribution is 2.10. The Morgan fingerprint density at radius 1 is 1.36 bits per heavy atom.